The Morgan fingerprint density at radius 2 is 2.00 bits per heavy atom. The first-order valence-electron chi connectivity index (χ1n) is 8.23. The minimum Gasteiger partial charge on any atom is -0.378 e. The minimum absolute atomic E-state index is 0.233. The average Bonchev–Trinajstić information content (AvgIpc) is 3.28. The van der Waals surface area contributed by atoms with Gasteiger partial charge in [0.25, 0.3) is 0 Å². The van der Waals surface area contributed by atoms with E-state index in [4.69, 9.17) is 10.5 Å². The van der Waals surface area contributed by atoms with E-state index in [9.17, 15) is 0 Å². The molecule has 2 aliphatic carbocycles. The van der Waals surface area contributed by atoms with Gasteiger partial charge in [-0.05, 0) is 50.4 Å². The second-order valence-electron chi connectivity index (χ2n) is 7.36. The maximum atomic E-state index is 6.27. The Balaban J connectivity index is 1.74. The van der Waals surface area contributed by atoms with Gasteiger partial charge in [-0.3, -0.25) is 4.90 Å². The molecular weight excluding hydrogens is 236 g/mol. The molecule has 2 unspecified atom stereocenters. The van der Waals surface area contributed by atoms with E-state index < -0.39 is 0 Å². The third-order valence-electron chi connectivity index (χ3n) is 5.35. The van der Waals surface area contributed by atoms with Crippen LogP contribution in [0.5, 0.6) is 0 Å². The summed E-state index contributed by atoms with van der Waals surface area (Å²) in [4.78, 5) is 2.81. The first-order chi connectivity index (χ1) is 9.14. The van der Waals surface area contributed by atoms with Crippen molar-refractivity contribution in [1.82, 2.24) is 4.90 Å². The fraction of sp³-hybridized carbons (Fsp3) is 1.00. The van der Waals surface area contributed by atoms with Crippen LogP contribution in [0, 0.1) is 11.8 Å². The lowest BCUT2D eigenvalue weighted by atomic mass is 9.81. The number of nitrogens with two attached hydrogens (primary N) is 1. The van der Waals surface area contributed by atoms with Crippen molar-refractivity contribution in [3.63, 3.8) is 0 Å². The molecule has 1 aliphatic heterocycles. The Morgan fingerprint density at radius 1 is 1.26 bits per heavy atom. The van der Waals surface area contributed by atoms with Gasteiger partial charge in [-0.1, -0.05) is 13.8 Å². The topological polar surface area (TPSA) is 38.5 Å². The highest BCUT2D eigenvalue weighted by molar-refractivity contribution is 5.03. The fourth-order valence-electron chi connectivity index (χ4n) is 3.62. The molecule has 1 saturated heterocycles. The Bertz CT molecular complexity index is 312. The van der Waals surface area contributed by atoms with Crippen LogP contribution in [-0.2, 0) is 4.74 Å². The smallest absolute Gasteiger partial charge is 0.0616 e. The van der Waals surface area contributed by atoms with E-state index in [-0.39, 0.29) is 5.54 Å². The molecule has 110 valence electrons. The Morgan fingerprint density at radius 3 is 2.53 bits per heavy atom. The van der Waals surface area contributed by atoms with Crippen LogP contribution in [0.1, 0.15) is 52.4 Å². The summed E-state index contributed by atoms with van der Waals surface area (Å²) >= 11 is 0. The SMILES string of the molecule is CC(C)C1CC(CN)(N(CC2CC2)C2CC2)CCO1. The third kappa shape index (κ3) is 2.98. The molecule has 3 heteroatoms. The molecule has 3 rings (SSSR count). The molecule has 2 atom stereocenters. The summed E-state index contributed by atoms with van der Waals surface area (Å²) in [5, 5.41) is 0. The Kier molecular flexibility index (Phi) is 3.89. The molecule has 0 aromatic carbocycles. The van der Waals surface area contributed by atoms with E-state index in [1.807, 2.05) is 0 Å². The molecule has 2 saturated carbocycles. The van der Waals surface area contributed by atoms with E-state index >= 15 is 0 Å². The summed E-state index contributed by atoms with van der Waals surface area (Å²) in [7, 11) is 0. The Labute approximate surface area is 117 Å². The molecule has 0 aromatic rings. The Hall–Kier alpha value is -0.120. The fourth-order valence-corrected chi connectivity index (χ4v) is 3.62. The van der Waals surface area contributed by atoms with Crippen molar-refractivity contribution in [2.45, 2.75) is 70.1 Å². The van der Waals surface area contributed by atoms with E-state index in [1.165, 1.54) is 32.2 Å². The first kappa shape index (κ1) is 13.8. The van der Waals surface area contributed by atoms with Gasteiger partial charge in [0.05, 0.1) is 6.10 Å². The predicted molar refractivity (Wildman–Crippen MR) is 78.0 cm³/mol. The van der Waals surface area contributed by atoms with Gasteiger partial charge in [-0.2, -0.15) is 0 Å². The number of nitrogens with zero attached hydrogens (tertiary/aromatic N) is 1. The summed E-state index contributed by atoms with van der Waals surface area (Å²) in [6.45, 7) is 7.56. The second-order valence-corrected chi connectivity index (χ2v) is 7.36. The van der Waals surface area contributed by atoms with E-state index in [2.05, 4.69) is 18.7 Å². The van der Waals surface area contributed by atoms with Gasteiger partial charge in [0.2, 0.25) is 0 Å². The van der Waals surface area contributed by atoms with Crippen molar-refractivity contribution >= 4 is 0 Å². The molecule has 0 bridgehead atoms. The van der Waals surface area contributed by atoms with E-state index in [1.54, 1.807) is 0 Å². The summed E-state index contributed by atoms with van der Waals surface area (Å²) in [6.07, 6.45) is 8.34. The zero-order valence-electron chi connectivity index (χ0n) is 12.6. The summed E-state index contributed by atoms with van der Waals surface area (Å²) in [5.41, 5.74) is 6.50. The average molecular weight is 266 g/mol. The van der Waals surface area contributed by atoms with Crippen molar-refractivity contribution in [2.75, 3.05) is 19.7 Å². The van der Waals surface area contributed by atoms with Crippen LogP contribution >= 0.6 is 0 Å². The highest BCUT2D eigenvalue weighted by atomic mass is 16.5. The van der Waals surface area contributed by atoms with E-state index in [0.717, 1.165) is 38.0 Å². The van der Waals surface area contributed by atoms with Gasteiger partial charge in [0, 0.05) is 31.3 Å². The molecule has 0 amide bonds. The molecule has 0 spiro atoms. The molecule has 19 heavy (non-hydrogen) atoms. The summed E-state index contributed by atoms with van der Waals surface area (Å²) < 4.78 is 5.99. The molecule has 2 N–H and O–H groups in total. The third-order valence-corrected chi connectivity index (χ3v) is 5.35. The lowest BCUT2D eigenvalue weighted by Crippen LogP contribution is -2.60. The maximum Gasteiger partial charge on any atom is 0.0616 e. The van der Waals surface area contributed by atoms with Crippen molar-refractivity contribution in [3.05, 3.63) is 0 Å². The van der Waals surface area contributed by atoms with Crippen molar-refractivity contribution < 1.29 is 4.74 Å². The monoisotopic (exact) mass is 266 g/mol. The number of hydrogen-bond acceptors (Lipinski definition) is 3. The van der Waals surface area contributed by atoms with Crippen LogP contribution in [0.2, 0.25) is 0 Å². The summed E-state index contributed by atoms with van der Waals surface area (Å²) in [5.74, 6) is 1.57. The van der Waals surface area contributed by atoms with Gasteiger partial charge in [0.15, 0.2) is 0 Å². The number of rotatable bonds is 6. The lowest BCUT2D eigenvalue weighted by Gasteiger charge is -2.49. The van der Waals surface area contributed by atoms with Crippen LogP contribution in [0.3, 0.4) is 0 Å². The van der Waals surface area contributed by atoms with Crippen molar-refractivity contribution in [2.24, 2.45) is 17.6 Å². The highest BCUT2D eigenvalue weighted by Gasteiger charge is 2.48. The minimum atomic E-state index is 0.233. The molecule has 1 heterocycles. The van der Waals surface area contributed by atoms with Gasteiger partial charge >= 0.3 is 0 Å². The van der Waals surface area contributed by atoms with Crippen LogP contribution in [0.4, 0.5) is 0 Å². The van der Waals surface area contributed by atoms with Crippen LogP contribution in [-0.4, -0.2) is 42.3 Å². The molecule has 0 radical (unpaired) electrons. The van der Waals surface area contributed by atoms with Gasteiger partial charge in [0.1, 0.15) is 0 Å². The van der Waals surface area contributed by atoms with E-state index in [0.29, 0.717) is 12.0 Å². The summed E-state index contributed by atoms with van der Waals surface area (Å²) in [6, 6.07) is 0.829. The zero-order chi connectivity index (χ0) is 13.5. The quantitative estimate of drug-likeness (QED) is 0.802. The predicted octanol–water partition coefficient (Wildman–Crippen LogP) is 2.39. The van der Waals surface area contributed by atoms with Gasteiger partial charge < -0.3 is 10.5 Å². The van der Waals surface area contributed by atoms with Crippen LogP contribution in [0.25, 0.3) is 0 Å². The first-order valence-corrected chi connectivity index (χ1v) is 8.23. The maximum absolute atomic E-state index is 6.27. The molecule has 3 nitrogen and oxygen atoms in total. The van der Waals surface area contributed by atoms with Gasteiger partial charge in [-0.15, -0.1) is 0 Å². The molecular formula is C16H30N2O. The molecule has 3 aliphatic rings. The molecule has 0 aromatic heterocycles. The molecule has 3 fully saturated rings. The lowest BCUT2D eigenvalue weighted by molar-refractivity contribution is -0.0911. The van der Waals surface area contributed by atoms with Crippen LogP contribution < -0.4 is 5.73 Å². The zero-order valence-corrected chi connectivity index (χ0v) is 12.6. The standard InChI is InChI=1S/C16H30N2O/c1-12(2)15-9-16(11-17,7-8-19-15)18(14-5-6-14)10-13-3-4-13/h12-15H,3-11,17H2,1-2H3. The van der Waals surface area contributed by atoms with Gasteiger partial charge in [-0.25, -0.2) is 0 Å². The van der Waals surface area contributed by atoms with Crippen molar-refractivity contribution in [1.29, 1.82) is 0 Å². The normalized spacial score (nSPS) is 36.2. The van der Waals surface area contributed by atoms with Crippen molar-refractivity contribution in [3.8, 4) is 0 Å². The highest BCUT2D eigenvalue weighted by Crippen LogP contribution is 2.43. The largest absolute Gasteiger partial charge is 0.378 e. The second kappa shape index (κ2) is 5.34. The number of hydrogen-bond donors (Lipinski definition) is 1. The van der Waals surface area contributed by atoms with Crippen LogP contribution in [0.15, 0.2) is 0 Å². The number of ether oxygens (including phenoxy) is 1.